The highest BCUT2D eigenvalue weighted by atomic mass is 79.9. The molecule has 12 heavy (non-hydrogen) atoms. The Kier molecular flexibility index (Phi) is 4.01. The molecule has 1 aromatic rings. The highest BCUT2D eigenvalue weighted by Crippen LogP contribution is 2.08. The van der Waals surface area contributed by atoms with Crippen molar-refractivity contribution in [3.63, 3.8) is 0 Å². The van der Waals surface area contributed by atoms with Crippen molar-refractivity contribution in [2.75, 3.05) is 5.33 Å². The normalized spacial score (nSPS) is 10.8. The van der Waals surface area contributed by atoms with Crippen LogP contribution in [0.15, 0.2) is 30.3 Å². The van der Waals surface area contributed by atoms with Gasteiger partial charge >= 0.3 is 0 Å². The lowest BCUT2D eigenvalue weighted by Crippen LogP contribution is -1.79. The van der Waals surface area contributed by atoms with E-state index in [0.717, 1.165) is 11.8 Å². The summed E-state index contributed by atoms with van der Waals surface area (Å²) in [6.07, 6.45) is 4.68. The summed E-state index contributed by atoms with van der Waals surface area (Å²) in [5.74, 6) is -0.164. The van der Waals surface area contributed by atoms with E-state index in [1.54, 1.807) is 18.2 Å². The molecule has 2 heteroatoms. The summed E-state index contributed by atoms with van der Waals surface area (Å²) in [6, 6.07) is 6.75. The van der Waals surface area contributed by atoms with Crippen LogP contribution in [0.3, 0.4) is 0 Å². The lowest BCUT2D eigenvalue weighted by Gasteiger charge is -1.93. The number of alkyl halides is 1. The average Bonchev–Trinajstić information content (AvgIpc) is 2.09. The Balaban J connectivity index is 2.68. The molecule has 0 spiro atoms. The number of halogens is 2. The van der Waals surface area contributed by atoms with Gasteiger partial charge in [-0.3, -0.25) is 0 Å². The number of allylic oxidation sites excluding steroid dienone is 1. The zero-order valence-electron chi connectivity index (χ0n) is 6.63. The summed E-state index contributed by atoms with van der Waals surface area (Å²) in [7, 11) is 0. The third kappa shape index (κ3) is 2.78. The first-order chi connectivity index (χ1) is 5.84. The van der Waals surface area contributed by atoms with Crippen LogP contribution in [-0.2, 0) is 0 Å². The molecule has 0 heterocycles. The van der Waals surface area contributed by atoms with Gasteiger partial charge in [-0.05, 0) is 12.5 Å². The predicted molar refractivity (Wildman–Crippen MR) is 53.8 cm³/mol. The fourth-order valence-electron chi connectivity index (χ4n) is 0.884. The van der Waals surface area contributed by atoms with E-state index in [9.17, 15) is 4.39 Å². The average molecular weight is 229 g/mol. The summed E-state index contributed by atoms with van der Waals surface area (Å²) in [5.41, 5.74) is 0.651. The van der Waals surface area contributed by atoms with E-state index in [1.807, 2.05) is 12.1 Å². The van der Waals surface area contributed by atoms with Crippen LogP contribution >= 0.6 is 15.9 Å². The topological polar surface area (TPSA) is 0 Å². The Morgan fingerprint density at radius 3 is 2.75 bits per heavy atom. The van der Waals surface area contributed by atoms with Gasteiger partial charge in [0.2, 0.25) is 0 Å². The van der Waals surface area contributed by atoms with Gasteiger partial charge in [-0.25, -0.2) is 4.39 Å². The molecule has 0 aliphatic carbocycles. The molecule has 0 amide bonds. The Morgan fingerprint density at radius 1 is 1.33 bits per heavy atom. The first kappa shape index (κ1) is 9.46. The molecule has 0 fully saturated rings. The zero-order valence-corrected chi connectivity index (χ0v) is 8.22. The van der Waals surface area contributed by atoms with Gasteiger partial charge < -0.3 is 0 Å². The highest BCUT2D eigenvalue weighted by molar-refractivity contribution is 9.09. The SMILES string of the molecule is Fc1ccccc1C=CCCBr. The second-order valence-electron chi connectivity index (χ2n) is 2.40. The van der Waals surface area contributed by atoms with E-state index in [4.69, 9.17) is 0 Å². The molecule has 0 N–H and O–H groups in total. The van der Waals surface area contributed by atoms with Crippen LogP contribution in [0.4, 0.5) is 4.39 Å². The standard InChI is InChI=1S/C10H10BrF/c11-8-4-3-6-9-5-1-2-7-10(9)12/h1-3,5-7H,4,8H2. The molecule has 0 aliphatic rings. The van der Waals surface area contributed by atoms with Crippen molar-refractivity contribution < 1.29 is 4.39 Å². The summed E-state index contributed by atoms with van der Waals surface area (Å²) in [5, 5.41) is 0.915. The summed E-state index contributed by atoms with van der Waals surface area (Å²) >= 11 is 3.30. The van der Waals surface area contributed by atoms with E-state index in [2.05, 4.69) is 15.9 Å². The Bertz CT molecular complexity index is 268. The molecule has 0 aromatic heterocycles. The molecule has 0 saturated carbocycles. The fourth-order valence-corrected chi connectivity index (χ4v) is 1.15. The van der Waals surface area contributed by atoms with Crippen LogP contribution < -0.4 is 0 Å². The summed E-state index contributed by atoms with van der Waals surface area (Å²) in [6.45, 7) is 0. The lowest BCUT2D eigenvalue weighted by molar-refractivity contribution is 0.625. The van der Waals surface area contributed by atoms with E-state index in [1.165, 1.54) is 6.07 Å². The number of hydrogen-bond donors (Lipinski definition) is 0. The molecule has 1 rings (SSSR count). The minimum absolute atomic E-state index is 0.164. The van der Waals surface area contributed by atoms with Gasteiger partial charge in [0.05, 0.1) is 0 Å². The van der Waals surface area contributed by atoms with Crippen molar-refractivity contribution in [1.29, 1.82) is 0 Å². The maximum atomic E-state index is 13.0. The molecule has 0 bridgehead atoms. The number of rotatable bonds is 3. The Hall–Kier alpha value is -0.630. The zero-order chi connectivity index (χ0) is 8.81. The fraction of sp³-hybridized carbons (Fsp3) is 0.200. The monoisotopic (exact) mass is 228 g/mol. The molecule has 0 atom stereocenters. The molecule has 0 saturated heterocycles. The maximum Gasteiger partial charge on any atom is 0.130 e. The Labute approximate surface area is 80.2 Å². The first-order valence-corrected chi connectivity index (χ1v) is 4.94. The van der Waals surface area contributed by atoms with E-state index >= 15 is 0 Å². The van der Waals surface area contributed by atoms with Crippen LogP contribution in [-0.4, -0.2) is 5.33 Å². The predicted octanol–water partition coefficient (Wildman–Crippen LogP) is 3.62. The van der Waals surface area contributed by atoms with Crippen molar-refractivity contribution in [2.45, 2.75) is 6.42 Å². The number of hydrogen-bond acceptors (Lipinski definition) is 0. The van der Waals surface area contributed by atoms with Gasteiger partial charge in [0.25, 0.3) is 0 Å². The van der Waals surface area contributed by atoms with Crippen molar-refractivity contribution >= 4 is 22.0 Å². The van der Waals surface area contributed by atoms with Gasteiger partial charge in [0, 0.05) is 10.9 Å². The third-order valence-electron chi connectivity index (χ3n) is 1.48. The van der Waals surface area contributed by atoms with Gasteiger partial charge in [0.1, 0.15) is 5.82 Å². The maximum absolute atomic E-state index is 13.0. The highest BCUT2D eigenvalue weighted by Gasteiger charge is 1.93. The first-order valence-electron chi connectivity index (χ1n) is 3.81. The van der Waals surface area contributed by atoms with Crippen molar-refractivity contribution in [1.82, 2.24) is 0 Å². The van der Waals surface area contributed by atoms with E-state index < -0.39 is 0 Å². The van der Waals surface area contributed by atoms with Crippen LogP contribution in [0.25, 0.3) is 6.08 Å². The van der Waals surface area contributed by atoms with Gasteiger partial charge in [0.15, 0.2) is 0 Å². The van der Waals surface area contributed by atoms with E-state index in [0.29, 0.717) is 5.56 Å². The van der Waals surface area contributed by atoms with Crippen molar-refractivity contribution in [3.8, 4) is 0 Å². The minimum atomic E-state index is -0.164. The second kappa shape index (κ2) is 5.09. The van der Waals surface area contributed by atoms with Crippen LogP contribution in [0.2, 0.25) is 0 Å². The van der Waals surface area contributed by atoms with Gasteiger partial charge in [-0.2, -0.15) is 0 Å². The third-order valence-corrected chi connectivity index (χ3v) is 1.94. The summed E-state index contributed by atoms with van der Waals surface area (Å²) < 4.78 is 13.0. The molecule has 64 valence electrons. The van der Waals surface area contributed by atoms with Gasteiger partial charge in [-0.15, -0.1) is 0 Å². The van der Waals surface area contributed by atoms with Crippen LogP contribution in [0, 0.1) is 5.82 Å². The van der Waals surface area contributed by atoms with Crippen molar-refractivity contribution in [2.24, 2.45) is 0 Å². The molecule has 1 aromatic carbocycles. The van der Waals surface area contributed by atoms with Crippen LogP contribution in [0.5, 0.6) is 0 Å². The smallest absolute Gasteiger partial charge is 0.130 e. The molecule has 0 unspecified atom stereocenters. The van der Waals surface area contributed by atoms with Crippen molar-refractivity contribution in [3.05, 3.63) is 41.7 Å². The number of benzene rings is 1. The second-order valence-corrected chi connectivity index (χ2v) is 3.19. The Morgan fingerprint density at radius 2 is 2.08 bits per heavy atom. The van der Waals surface area contributed by atoms with Crippen LogP contribution in [0.1, 0.15) is 12.0 Å². The van der Waals surface area contributed by atoms with Gasteiger partial charge in [-0.1, -0.05) is 46.3 Å². The molecule has 0 radical (unpaired) electrons. The molecular weight excluding hydrogens is 219 g/mol. The molecule has 0 aliphatic heterocycles. The minimum Gasteiger partial charge on any atom is -0.206 e. The molecular formula is C10H10BrF. The van der Waals surface area contributed by atoms with E-state index in [-0.39, 0.29) is 5.82 Å². The summed E-state index contributed by atoms with van der Waals surface area (Å²) in [4.78, 5) is 0. The lowest BCUT2D eigenvalue weighted by atomic mass is 10.2. The molecule has 0 nitrogen and oxygen atoms in total. The largest absolute Gasteiger partial charge is 0.206 e. The quantitative estimate of drug-likeness (QED) is 0.694.